The molecule has 0 bridgehead atoms. The number of aromatic nitrogens is 1. The molecule has 28 heavy (non-hydrogen) atoms. The van der Waals surface area contributed by atoms with Crippen LogP contribution < -0.4 is 0 Å². The lowest BCUT2D eigenvalue weighted by atomic mass is 10.1. The Bertz CT molecular complexity index is 953. The molecule has 0 N–H and O–H groups in total. The van der Waals surface area contributed by atoms with Crippen molar-refractivity contribution >= 4 is 29.0 Å². The molecule has 0 fully saturated rings. The summed E-state index contributed by atoms with van der Waals surface area (Å²) in [6, 6.07) is 4.39. The molecule has 150 valence electrons. The molecule has 0 atom stereocenters. The van der Waals surface area contributed by atoms with Crippen LogP contribution in [0.15, 0.2) is 24.3 Å². The van der Waals surface area contributed by atoms with Crippen molar-refractivity contribution in [2.45, 2.75) is 26.6 Å². The van der Waals surface area contributed by atoms with E-state index in [0.717, 1.165) is 22.8 Å². The molecule has 1 heterocycles. The fourth-order valence-electron chi connectivity index (χ4n) is 2.58. The maximum atomic E-state index is 12.6. The van der Waals surface area contributed by atoms with Crippen LogP contribution in [0.25, 0.3) is 0 Å². The predicted molar refractivity (Wildman–Crippen MR) is 92.7 cm³/mol. The number of benzene rings is 1. The summed E-state index contributed by atoms with van der Waals surface area (Å²) in [6.07, 6.45) is -4.45. The molecule has 2 aromatic rings. The molecule has 0 aliphatic heterocycles. The molecular formula is C17H14ClF3N2O5. The summed E-state index contributed by atoms with van der Waals surface area (Å²) in [5.74, 6) is -1.68. The standard InChI is InChI=1S/C17H14ClF3N2O5/c1-9-5-13(10(2)22(9)8-17(19,20)21)15(24)7-28-16(25)12-4-3-11(23(26)27)6-14(12)18/h3-6H,7-8H2,1-2H3. The van der Waals surface area contributed by atoms with Crippen LogP contribution in [0, 0.1) is 24.0 Å². The molecule has 0 aliphatic rings. The number of hydrogen-bond donors (Lipinski definition) is 0. The van der Waals surface area contributed by atoms with E-state index in [0.29, 0.717) is 0 Å². The predicted octanol–water partition coefficient (Wildman–Crippen LogP) is 4.27. The third-order valence-electron chi connectivity index (χ3n) is 3.93. The maximum absolute atomic E-state index is 12.6. The van der Waals surface area contributed by atoms with Crippen molar-refractivity contribution in [2.75, 3.05) is 6.61 Å². The zero-order chi connectivity index (χ0) is 21.2. The number of ether oxygens (including phenoxy) is 1. The molecule has 1 aromatic carbocycles. The second-order valence-electron chi connectivity index (χ2n) is 5.91. The first-order chi connectivity index (χ1) is 12.9. The van der Waals surface area contributed by atoms with E-state index in [-0.39, 0.29) is 33.2 Å². The Morgan fingerprint density at radius 3 is 2.39 bits per heavy atom. The topological polar surface area (TPSA) is 91.4 Å². The van der Waals surface area contributed by atoms with Crippen molar-refractivity contribution in [3.63, 3.8) is 0 Å². The molecule has 0 unspecified atom stereocenters. The lowest BCUT2D eigenvalue weighted by Crippen LogP contribution is -2.20. The Balaban J connectivity index is 2.11. The molecule has 0 spiro atoms. The van der Waals surface area contributed by atoms with Crippen molar-refractivity contribution in [2.24, 2.45) is 0 Å². The first kappa shape index (κ1) is 21.4. The van der Waals surface area contributed by atoms with Crippen LogP contribution in [0.5, 0.6) is 0 Å². The van der Waals surface area contributed by atoms with E-state index in [1.807, 2.05) is 0 Å². The number of halogens is 4. The summed E-state index contributed by atoms with van der Waals surface area (Å²) < 4.78 is 43.7. The van der Waals surface area contributed by atoms with Crippen LogP contribution in [0.3, 0.4) is 0 Å². The van der Waals surface area contributed by atoms with Gasteiger partial charge in [-0.3, -0.25) is 14.9 Å². The molecule has 2 rings (SSSR count). The number of nitrogens with zero attached hydrogens (tertiary/aromatic N) is 2. The number of rotatable bonds is 6. The van der Waals surface area contributed by atoms with Crippen molar-refractivity contribution in [3.05, 3.63) is 61.9 Å². The van der Waals surface area contributed by atoms with Crippen LogP contribution in [0.1, 0.15) is 32.1 Å². The third kappa shape index (κ3) is 4.89. The average Bonchev–Trinajstić information content (AvgIpc) is 2.86. The van der Waals surface area contributed by atoms with Crippen molar-refractivity contribution < 1.29 is 32.4 Å². The van der Waals surface area contributed by atoms with E-state index in [9.17, 15) is 32.9 Å². The number of aryl methyl sites for hydroxylation is 1. The van der Waals surface area contributed by atoms with Gasteiger partial charge in [-0.2, -0.15) is 13.2 Å². The average molecular weight is 419 g/mol. The van der Waals surface area contributed by atoms with Gasteiger partial charge >= 0.3 is 12.1 Å². The molecule has 0 saturated heterocycles. The number of hydrogen-bond acceptors (Lipinski definition) is 5. The first-order valence-corrected chi connectivity index (χ1v) is 8.16. The van der Waals surface area contributed by atoms with E-state index >= 15 is 0 Å². The Morgan fingerprint density at radius 2 is 1.86 bits per heavy atom. The van der Waals surface area contributed by atoms with Crippen LogP contribution >= 0.6 is 11.6 Å². The number of nitro benzene ring substituents is 1. The SMILES string of the molecule is Cc1cc(C(=O)COC(=O)c2ccc([N+](=O)[O-])cc2Cl)c(C)n1CC(F)(F)F. The van der Waals surface area contributed by atoms with E-state index in [1.54, 1.807) is 0 Å². The normalized spacial score (nSPS) is 11.4. The lowest BCUT2D eigenvalue weighted by molar-refractivity contribution is -0.384. The van der Waals surface area contributed by atoms with Gasteiger partial charge < -0.3 is 9.30 Å². The summed E-state index contributed by atoms with van der Waals surface area (Å²) in [5.41, 5.74) is -0.158. The van der Waals surface area contributed by atoms with E-state index in [1.165, 1.54) is 19.9 Å². The van der Waals surface area contributed by atoms with Crippen LogP contribution in [-0.2, 0) is 11.3 Å². The summed E-state index contributed by atoms with van der Waals surface area (Å²) in [7, 11) is 0. The van der Waals surface area contributed by atoms with Gasteiger partial charge in [-0.1, -0.05) is 11.6 Å². The highest BCUT2D eigenvalue weighted by Crippen LogP contribution is 2.25. The fraction of sp³-hybridized carbons (Fsp3) is 0.294. The zero-order valence-electron chi connectivity index (χ0n) is 14.7. The third-order valence-corrected chi connectivity index (χ3v) is 4.24. The maximum Gasteiger partial charge on any atom is 0.406 e. The van der Waals surface area contributed by atoms with E-state index in [2.05, 4.69) is 0 Å². The minimum atomic E-state index is -4.45. The number of non-ortho nitro benzene ring substituents is 1. The minimum Gasteiger partial charge on any atom is -0.454 e. The van der Waals surface area contributed by atoms with Crippen molar-refractivity contribution in [3.8, 4) is 0 Å². The summed E-state index contributed by atoms with van der Waals surface area (Å²) in [4.78, 5) is 34.3. The minimum absolute atomic E-state index is 0.00402. The second kappa shape index (κ2) is 8.01. The van der Waals surface area contributed by atoms with Crippen LogP contribution in [0.4, 0.5) is 18.9 Å². The van der Waals surface area contributed by atoms with Crippen LogP contribution in [-0.4, -0.2) is 34.0 Å². The zero-order valence-corrected chi connectivity index (χ0v) is 15.4. The molecule has 0 saturated carbocycles. The molecule has 7 nitrogen and oxygen atoms in total. The lowest BCUT2D eigenvalue weighted by Gasteiger charge is -2.12. The highest BCUT2D eigenvalue weighted by atomic mass is 35.5. The first-order valence-electron chi connectivity index (χ1n) is 7.78. The number of nitro groups is 1. The largest absolute Gasteiger partial charge is 0.454 e. The van der Waals surface area contributed by atoms with Gasteiger partial charge in [0, 0.05) is 29.1 Å². The summed E-state index contributed by atoms with van der Waals surface area (Å²) in [5, 5.41) is 10.4. The molecule has 11 heteroatoms. The van der Waals surface area contributed by atoms with E-state index in [4.69, 9.17) is 16.3 Å². The van der Waals surface area contributed by atoms with Gasteiger partial charge in [0.15, 0.2) is 6.61 Å². The number of alkyl halides is 3. The molecule has 0 amide bonds. The van der Waals surface area contributed by atoms with Gasteiger partial charge in [-0.25, -0.2) is 4.79 Å². The molecule has 0 aliphatic carbocycles. The quantitative estimate of drug-likeness (QED) is 0.302. The summed E-state index contributed by atoms with van der Waals surface area (Å²) in [6.45, 7) is 0.831. The summed E-state index contributed by atoms with van der Waals surface area (Å²) >= 11 is 5.81. The second-order valence-corrected chi connectivity index (χ2v) is 6.31. The van der Waals surface area contributed by atoms with Gasteiger partial charge in [-0.15, -0.1) is 0 Å². The Kier molecular flexibility index (Phi) is 6.13. The van der Waals surface area contributed by atoms with Gasteiger partial charge in [0.2, 0.25) is 5.78 Å². The number of Topliss-reactive ketones (excluding diaryl/α,β-unsaturated/α-hetero) is 1. The van der Waals surface area contributed by atoms with Gasteiger partial charge in [0.25, 0.3) is 5.69 Å². The molecule has 0 radical (unpaired) electrons. The number of ketones is 1. The highest BCUT2D eigenvalue weighted by Gasteiger charge is 2.30. The number of carbonyl (C=O) groups excluding carboxylic acids is 2. The van der Waals surface area contributed by atoms with E-state index < -0.39 is 36.0 Å². The molecular weight excluding hydrogens is 405 g/mol. The molecule has 1 aromatic heterocycles. The van der Waals surface area contributed by atoms with Gasteiger partial charge in [-0.05, 0) is 26.0 Å². The van der Waals surface area contributed by atoms with Crippen molar-refractivity contribution in [1.29, 1.82) is 0 Å². The van der Waals surface area contributed by atoms with Crippen LogP contribution in [0.2, 0.25) is 5.02 Å². The number of carbonyl (C=O) groups is 2. The Morgan fingerprint density at radius 1 is 1.21 bits per heavy atom. The Hall–Kier alpha value is -2.88. The highest BCUT2D eigenvalue weighted by molar-refractivity contribution is 6.33. The monoisotopic (exact) mass is 418 g/mol. The number of esters is 1. The van der Waals surface area contributed by atoms with Gasteiger partial charge in [0.1, 0.15) is 6.54 Å². The van der Waals surface area contributed by atoms with Crippen molar-refractivity contribution in [1.82, 2.24) is 4.57 Å². The Labute approximate surface area is 161 Å². The fourth-order valence-corrected chi connectivity index (χ4v) is 2.83. The smallest absolute Gasteiger partial charge is 0.406 e. The van der Waals surface area contributed by atoms with Gasteiger partial charge in [0.05, 0.1) is 15.5 Å².